The van der Waals surface area contributed by atoms with Gasteiger partial charge < -0.3 is 9.64 Å². The second kappa shape index (κ2) is 3.90. The molecular formula is C9H13N3O3. The fourth-order valence-corrected chi connectivity index (χ4v) is 1.52. The molecule has 6 heteroatoms. The molecule has 0 atom stereocenters. The number of hydrogen-bond donors (Lipinski definition) is 1. The zero-order valence-corrected chi connectivity index (χ0v) is 8.52. The maximum absolute atomic E-state index is 11.4. The Hall–Kier alpha value is -1.56. The van der Waals surface area contributed by atoms with Crippen molar-refractivity contribution in [2.45, 2.75) is 0 Å². The smallest absolute Gasteiger partial charge is 0.329 e. The maximum Gasteiger partial charge on any atom is 0.329 e. The Morgan fingerprint density at radius 2 is 2.00 bits per heavy atom. The first-order valence-electron chi connectivity index (χ1n) is 4.81. The lowest BCUT2D eigenvalue weighted by Gasteiger charge is -2.27. The van der Waals surface area contributed by atoms with E-state index in [9.17, 15) is 9.59 Å². The molecule has 1 aliphatic heterocycles. The van der Waals surface area contributed by atoms with Crippen LogP contribution in [-0.2, 0) is 11.8 Å². The van der Waals surface area contributed by atoms with Gasteiger partial charge in [-0.05, 0) is 0 Å². The summed E-state index contributed by atoms with van der Waals surface area (Å²) in [5, 5.41) is 0. The summed E-state index contributed by atoms with van der Waals surface area (Å²) in [6.45, 7) is 2.64. The Morgan fingerprint density at radius 3 is 2.60 bits per heavy atom. The van der Waals surface area contributed by atoms with Gasteiger partial charge in [0.1, 0.15) is 5.82 Å². The van der Waals surface area contributed by atoms with E-state index in [1.165, 1.54) is 13.1 Å². The van der Waals surface area contributed by atoms with Crippen LogP contribution in [0.15, 0.2) is 15.7 Å². The van der Waals surface area contributed by atoms with Crippen LogP contribution in [0.5, 0.6) is 0 Å². The van der Waals surface area contributed by atoms with E-state index in [1.807, 2.05) is 4.90 Å². The molecule has 0 aliphatic carbocycles. The molecule has 2 heterocycles. The van der Waals surface area contributed by atoms with Crippen molar-refractivity contribution in [3.8, 4) is 0 Å². The van der Waals surface area contributed by atoms with Gasteiger partial charge in [0.15, 0.2) is 0 Å². The van der Waals surface area contributed by atoms with E-state index in [2.05, 4.69) is 4.98 Å². The normalized spacial score (nSPS) is 16.7. The highest BCUT2D eigenvalue weighted by Crippen LogP contribution is 2.07. The van der Waals surface area contributed by atoms with Crippen LogP contribution in [0.1, 0.15) is 0 Å². The van der Waals surface area contributed by atoms with E-state index in [0.29, 0.717) is 32.1 Å². The van der Waals surface area contributed by atoms with E-state index in [4.69, 9.17) is 4.74 Å². The maximum atomic E-state index is 11.4. The quantitative estimate of drug-likeness (QED) is 0.641. The molecule has 82 valence electrons. The lowest BCUT2D eigenvalue weighted by Crippen LogP contribution is -2.40. The summed E-state index contributed by atoms with van der Waals surface area (Å²) >= 11 is 0. The number of aromatic nitrogens is 2. The van der Waals surface area contributed by atoms with E-state index in [-0.39, 0.29) is 11.2 Å². The first-order chi connectivity index (χ1) is 7.18. The Balaban J connectivity index is 2.36. The molecule has 1 saturated heterocycles. The predicted molar refractivity (Wildman–Crippen MR) is 55.3 cm³/mol. The van der Waals surface area contributed by atoms with Crippen molar-refractivity contribution in [3.05, 3.63) is 26.9 Å². The highest BCUT2D eigenvalue weighted by molar-refractivity contribution is 5.36. The molecule has 0 radical (unpaired) electrons. The van der Waals surface area contributed by atoms with E-state index in [1.54, 1.807) is 0 Å². The van der Waals surface area contributed by atoms with Crippen molar-refractivity contribution in [2.24, 2.45) is 7.05 Å². The molecule has 0 saturated carbocycles. The van der Waals surface area contributed by atoms with Crippen LogP contribution in [0.3, 0.4) is 0 Å². The summed E-state index contributed by atoms with van der Waals surface area (Å²) in [6, 6.07) is 1.44. The molecule has 1 aromatic heterocycles. The topological polar surface area (TPSA) is 67.3 Å². The minimum atomic E-state index is -0.385. The van der Waals surface area contributed by atoms with E-state index >= 15 is 0 Å². The van der Waals surface area contributed by atoms with Gasteiger partial charge >= 0.3 is 5.69 Å². The molecule has 0 amide bonds. The standard InChI is InChI=1S/C9H13N3O3/c1-11-8(13)6-7(10-9(11)14)12-2-4-15-5-3-12/h6H,2-5H2,1H3,(H,10,14). The molecule has 1 N–H and O–H groups in total. The SMILES string of the molecule is Cn1c(=O)cc(N2CCOCC2)[nH]c1=O. The number of rotatable bonds is 1. The van der Waals surface area contributed by atoms with E-state index < -0.39 is 0 Å². The number of morpholine rings is 1. The summed E-state index contributed by atoms with van der Waals surface area (Å²) in [4.78, 5) is 27.3. The van der Waals surface area contributed by atoms with Gasteiger partial charge in [-0.15, -0.1) is 0 Å². The van der Waals surface area contributed by atoms with Crippen LogP contribution in [0, 0.1) is 0 Å². The average Bonchev–Trinajstić information content (AvgIpc) is 2.26. The van der Waals surface area contributed by atoms with Crippen LogP contribution in [0.4, 0.5) is 5.82 Å². The summed E-state index contributed by atoms with van der Waals surface area (Å²) in [7, 11) is 1.45. The Bertz CT molecular complexity index is 425. The Labute approximate surface area is 86.1 Å². The van der Waals surface area contributed by atoms with Crippen LogP contribution in [0.2, 0.25) is 0 Å². The van der Waals surface area contributed by atoms with Crippen molar-refractivity contribution in [2.75, 3.05) is 31.2 Å². The molecule has 0 spiro atoms. The van der Waals surface area contributed by atoms with Crippen LogP contribution >= 0.6 is 0 Å². The molecule has 1 fully saturated rings. The van der Waals surface area contributed by atoms with Crippen LogP contribution in [0.25, 0.3) is 0 Å². The summed E-state index contributed by atoms with van der Waals surface area (Å²) in [5.74, 6) is 0.575. The van der Waals surface area contributed by atoms with Gasteiger partial charge in [-0.3, -0.25) is 14.3 Å². The number of ether oxygens (including phenoxy) is 1. The minimum absolute atomic E-state index is 0.291. The number of nitrogens with one attached hydrogen (secondary N) is 1. The molecule has 6 nitrogen and oxygen atoms in total. The molecule has 0 aromatic carbocycles. The fraction of sp³-hybridized carbons (Fsp3) is 0.556. The number of H-pyrrole nitrogens is 1. The summed E-state index contributed by atoms with van der Waals surface area (Å²) in [5.41, 5.74) is -0.677. The number of aromatic amines is 1. The van der Waals surface area contributed by atoms with Gasteiger partial charge in [0, 0.05) is 26.2 Å². The second-order valence-electron chi connectivity index (χ2n) is 3.46. The highest BCUT2D eigenvalue weighted by atomic mass is 16.5. The zero-order valence-electron chi connectivity index (χ0n) is 8.52. The van der Waals surface area contributed by atoms with E-state index in [0.717, 1.165) is 4.57 Å². The number of anilines is 1. The Kier molecular flexibility index (Phi) is 2.59. The molecule has 15 heavy (non-hydrogen) atoms. The second-order valence-corrected chi connectivity index (χ2v) is 3.46. The van der Waals surface area contributed by atoms with Gasteiger partial charge in [-0.1, -0.05) is 0 Å². The molecule has 1 aliphatic rings. The van der Waals surface area contributed by atoms with Crippen molar-refractivity contribution in [1.29, 1.82) is 0 Å². The molecular weight excluding hydrogens is 198 g/mol. The zero-order chi connectivity index (χ0) is 10.8. The molecule has 0 unspecified atom stereocenters. The third-order valence-electron chi connectivity index (χ3n) is 2.48. The lowest BCUT2D eigenvalue weighted by molar-refractivity contribution is 0.122. The van der Waals surface area contributed by atoms with Gasteiger partial charge in [0.05, 0.1) is 13.2 Å². The molecule has 2 rings (SSSR count). The van der Waals surface area contributed by atoms with Crippen LogP contribution < -0.4 is 16.1 Å². The third-order valence-corrected chi connectivity index (χ3v) is 2.48. The first kappa shape index (κ1) is 9.97. The number of hydrogen-bond acceptors (Lipinski definition) is 4. The highest BCUT2D eigenvalue weighted by Gasteiger charge is 2.13. The van der Waals surface area contributed by atoms with Crippen molar-refractivity contribution >= 4 is 5.82 Å². The van der Waals surface area contributed by atoms with Crippen LogP contribution in [-0.4, -0.2) is 35.9 Å². The number of nitrogens with zero attached hydrogens (tertiary/aromatic N) is 2. The minimum Gasteiger partial charge on any atom is -0.378 e. The summed E-state index contributed by atoms with van der Waals surface area (Å²) < 4.78 is 6.23. The third kappa shape index (κ3) is 1.94. The van der Waals surface area contributed by atoms with Gasteiger partial charge in [0.25, 0.3) is 5.56 Å². The monoisotopic (exact) mass is 211 g/mol. The molecule has 1 aromatic rings. The summed E-state index contributed by atoms with van der Waals surface area (Å²) in [6.07, 6.45) is 0. The largest absolute Gasteiger partial charge is 0.378 e. The lowest BCUT2D eigenvalue weighted by atomic mass is 10.4. The Morgan fingerprint density at radius 1 is 1.33 bits per heavy atom. The van der Waals surface area contributed by atoms with Crippen molar-refractivity contribution < 1.29 is 4.74 Å². The van der Waals surface area contributed by atoms with Gasteiger partial charge in [-0.2, -0.15) is 0 Å². The van der Waals surface area contributed by atoms with Gasteiger partial charge in [-0.25, -0.2) is 4.79 Å². The predicted octanol–water partition coefficient (Wildman–Crippen LogP) is -1.09. The van der Waals surface area contributed by atoms with Crippen molar-refractivity contribution in [3.63, 3.8) is 0 Å². The van der Waals surface area contributed by atoms with Crippen molar-refractivity contribution in [1.82, 2.24) is 9.55 Å². The fourth-order valence-electron chi connectivity index (χ4n) is 1.52. The first-order valence-corrected chi connectivity index (χ1v) is 4.81. The van der Waals surface area contributed by atoms with Gasteiger partial charge in [0.2, 0.25) is 0 Å². The average molecular weight is 211 g/mol. The molecule has 0 bridgehead atoms.